The lowest BCUT2D eigenvalue weighted by Crippen LogP contribution is -2.26. The standard InChI is InChI=1S/C68H43N2OP/c71-72(62-41-48-17-5-6-18-51(48)56-23-11-12-24-57(56)62,49-33-25-46(26-34-49)63-58-37-29-42-13-1-7-19-52(42)65(58)69-66-53-20-8-2-14-43(53)30-38-59(63)66)50-35-27-47(28-36-50)64-60-39-31-44-15-3-9-21-54(44)67(60)70-68-55-22-10-4-16-45(55)32-40-61(64)68/h1-41,65,69H. The summed E-state index contributed by atoms with van der Waals surface area (Å²) < 4.78 is 17.2. The Morgan fingerprint density at radius 3 is 1.58 bits per heavy atom. The van der Waals surface area contributed by atoms with Crippen LogP contribution in [0.5, 0.6) is 0 Å². The van der Waals surface area contributed by atoms with Crippen molar-refractivity contribution in [1.29, 1.82) is 0 Å². The highest BCUT2D eigenvalue weighted by Crippen LogP contribution is 2.51. The quantitative estimate of drug-likeness (QED) is 0.106. The van der Waals surface area contributed by atoms with Crippen LogP contribution in [0.15, 0.2) is 248 Å². The van der Waals surface area contributed by atoms with E-state index in [1.807, 2.05) is 0 Å². The molecule has 0 spiro atoms. The summed E-state index contributed by atoms with van der Waals surface area (Å²) in [7, 11) is -3.58. The summed E-state index contributed by atoms with van der Waals surface area (Å²) >= 11 is 0. The van der Waals surface area contributed by atoms with E-state index in [0.717, 1.165) is 109 Å². The van der Waals surface area contributed by atoms with Gasteiger partial charge >= 0.3 is 0 Å². The number of hydrogen-bond donors (Lipinski definition) is 1. The normalized spacial score (nSPS) is 15.0. The molecule has 72 heavy (non-hydrogen) atoms. The second-order valence-electron chi connectivity index (χ2n) is 19.3. The van der Waals surface area contributed by atoms with Gasteiger partial charge in [-0.3, -0.25) is 0 Å². The zero-order chi connectivity index (χ0) is 47.5. The maximum Gasteiger partial charge on any atom is 0.171 e. The van der Waals surface area contributed by atoms with Gasteiger partial charge in [0.1, 0.15) is 0 Å². The topological polar surface area (TPSA) is 42.0 Å². The molecule has 1 aliphatic carbocycles. The van der Waals surface area contributed by atoms with Crippen LogP contribution in [0.2, 0.25) is 0 Å². The smallest absolute Gasteiger partial charge is 0.171 e. The molecule has 13 aromatic rings. The molecule has 2 atom stereocenters. The Labute approximate surface area is 416 Å². The first-order chi connectivity index (χ1) is 35.6. The van der Waals surface area contributed by atoms with E-state index < -0.39 is 7.14 Å². The van der Waals surface area contributed by atoms with Crippen molar-refractivity contribution in [3.63, 3.8) is 0 Å². The summed E-state index contributed by atoms with van der Waals surface area (Å²) in [6, 6.07) is 84.2. The number of nitrogens with one attached hydrogen (secondary N) is 1. The minimum Gasteiger partial charge on any atom is -0.373 e. The second kappa shape index (κ2) is 15.8. The molecule has 12 aromatic carbocycles. The van der Waals surface area contributed by atoms with Gasteiger partial charge in [0.2, 0.25) is 0 Å². The summed E-state index contributed by atoms with van der Waals surface area (Å²) in [5.41, 5.74) is 12.4. The Bertz CT molecular complexity index is 4470. The van der Waals surface area contributed by atoms with Crippen molar-refractivity contribution in [1.82, 2.24) is 4.98 Å². The molecule has 0 fully saturated rings. The largest absolute Gasteiger partial charge is 0.373 e. The van der Waals surface area contributed by atoms with Crippen LogP contribution in [-0.2, 0) is 4.57 Å². The highest BCUT2D eigenvalue weighted by Gasteiger charge is 2.35. The predicted molar refractivity (Wildman–Crippen MR) is 306 cm³/mol. The average molecular weight is 935 g/mol. The number of nitrogens with zero attached hydrogens (tertiary/aromatic N) is 1. The molecule has 2 heterocycles. The third kappa shape index (κ3) is 6.05. The van der Waals surface area contributed by atoms with E-state index in [1.165, 1.54) is 33.0 Å². The summed E-state index contributed by atoms with van der Waals surface area (Å²) in [5.74, 6) is 0. The molecular weight excluding hydrogens is 892 g/mol. The highest BCUT2D eigenvalue weighted by molar-refractivity contribution is 7.85. The molecule has 1 aliphatic heterocycles. The monoisotopic (exact) mass is 934 g/mol. The van der Waals surface area contributed by atoms with Crippen molar-refractivity contribution in [2.75, 3.05) is 5.32 Å². The molecule has 0 saturated carbocycles. The van der Waals surface area contributed by atoms with Crippen molar-refractivity contribution in [3.05, 3.63) is 270 Å². The van der Waals surface area contributed by atoms with Gasteiger partial charge in [-0.2, -0.15) is 0 Å². The predicted octanol–water partition coefficient (Wildman–Crippen LogP) is 16.5. The van der Waals surface area contributed by atoms with E-state index in [9.17, 15) is 0 Å². The molecule has 3 nitrogen and oxygen atoms in total. The van der Waals surface area contributed by atoms with Crippen LogP contribution in [-0.4, -0.2) is 4.98 Å². The molecule has 1 aromatic heterocycles. The lowest BCUT2D eigenvalue weighted by atomic mass is 9.78. The van der Waals surface area contributed by atoms with E-state index in [1.54, 1.807) is 0 Å². The summed E-state index contributed by atoms with van der Waals surface area (Å²) in [6.45, 7) is 0. The maximum atomic E-state index is 17.2. The SMILES string of the molecule is O=P(c1ccc(C2=C3C=Cc4ccccc4C3Nc3c2ccc2ccccc32)cc1)(c1ccc(-c2c3ccc4ccccc4c3nc3c2ccc2ccccc23)cc1)c1cc2ccccc2c2ccccc12. The summed E-state index contributed by atoms with van der Waals surface area (Å²) in [4.78, 5) is 5.45. The van der Waals surface area contributed by atoms with E-state index in [4.69, 9.17) is 4.98 Å². The van der Waals surface area contributed by atoms with Gasteiger partial charge in [-0.15, -0.1) is 0 Å². The number of benzene rings is 12. The molecule has 15 rings (SSSR count). The number of hydrogen-bond acceptors (Lipinski definition) is 3. The average Bonchev–Trinajstić information content (AvgIpc) is 3.45. The van der Waals surface area contributed by atoms with Crippen LogP contribution >= 0.6 is 7.14 Å². The molecule has 0 saturated heterocycles. The van der Waals surface area contributed by atoms with Gasteiger partial charge in [-0.1, -0.05) is 243 Å². The molecular formula is C68H43N2OP. The van der Waals surface area contributed by atoms with Crippen molar-refractivity contribution in [2.45, 2.75) is 6.04 Å². The van der Waals surface area contributed by atoms with Gasteiger partial charge in [0.05, 0.1) is 22.8 Å². The van der Waals surface area contributed by atoms with Crippen LogP contribution in [0.1, 0.15) is 28.3 Å². The minimum atomic E-state index is -3.58. The first-order valence-corrected chi connectivity index (χ1v) is 26.5. The molecule has 0 amide bonds. The summed E-state index contributed by atoms with van der Waals surface area (Å²) in [5, 5.41) is 19.8. The highest BCUT2D eigenvalue weighted by atomic mass is 31.2. The minimum absolute atomic E-state index is 0.0279. The van der Waals surface area contributed by atoms with Crippen molar-refractivity contribution in [2.24, 2.45) is 0 Å². The zero-order valence-corrected chi connectivity index (χ0v) is 39.9. The Kier molecular flexibility index (Phi) is 9.00. The third-order valence-corrected chi connectivity index (χ3v) is 18.6. The van der Waals surface area contributed by atoms with E-state index in [2.05, 4.69) is 254 Å². The van der Waals surface area contributed by atoms with Crippen LogP contribution in [0.3, 0.4) is 0 Å². The van der Waals surface area contributed by atoms with Crippen LogP contribution in [0, 0.1) is 0 Å². The fraction of sp³-hybridized carbons (Fsp3) is 0.0147. The Morgan fingerprint density at radius 2 is 0.917 bits per heavy atom. The third-order valence-electron chi connectivity index (χ3n) is 15.5. The lowest BCUT2D eigenvalue weighted by Gasteiger charge is -2.35. The lowest BCUT2D eigenvalue weighted by molar-refractivity contribution is 0.592. The summed E-state index contributed by atoms with van der Waals surface area (Å²) in [6.07, 6.45) is 4.53. The molecule has 336 valence electrons. The van der Waals surface area contributed by atoms with Crippen LogP contribution in [0.25, 0.3) is 98.4 Å². The molecule has 0 radical (unpaired) electrons. The molecule has 4 heteroatoms. The fourth-order valence-corrected chi connectivity index (χ4v) is 15.0. The zero-order valence-electron chi connectivity index (χ0n) is 39.1. The van der Waals surface area contributed by atoms with Gasteiger partial charge < -0.3 is 9.88 Å². The van der Waals surface area contributed by atoms with Crippen molar-refractivity contribution >= 4 is 116 Å². The first-order valence-electron chi connectivity index (χ1n) is 24.7. The second-order valence-corrected chi connectivity index (χ2v) is 22.0. The number of aromatic nitrogens is 1. The van der Waals surface area contributed by atoms with Gasteiger partial charge in [-0.25, -0.2) is 4.98 Å². The fourth-order valence-electron chi connectivity index (χ4n) is 12.1. The molecule has 2 unspecified atom stereocenters. The molecule has 1 N–H and O–H groups in total. The van der Waals surface area contributed by atoms with Gasteiger partial charge in [0.25, 0.3) is 0 Å². The van der Waals surface area contributed by atoms with E-state index in [-0.39, 0.29) is 6.04 Å². The van der Waals surface area contributed by atoms with E-state index in [0.29, 0.717) is 0 Å². The Balaban J connectivity index is 0.946. The molecule has 2 aliphatic rings. The van der Waals surface area contributed by atoms with Gasteiger partial charge in [0.15, 0.2) is 7.14 Å². The van der Waals surface area contributed by atoms with Crippen molar-refractivity contribution in [3.8, 4) is 11.1 Å². The van der Waals surface area contributed by atoms with Gasteiger partial charge in [-0.05, 0) is 77.2 Å². The van der Waals surface area contributed by atoms with E-state index >= 15 is 4.57 Å². The van der Waals surface area contributed by atoms with Crippen molar-refractivity contribution < 1.29 is 4.57 Å². The Hall–Kier alpha value is -8.88. The first kappa shape index (κ1) is 41.0. The number of rotatable bonds is 5. The van der Waals surface area contributed by atoms with Crippen LogP contribution in [0.4, 0.5) is 5.69 Å². The van der Waals surface area contributed by atoms with Gasteiger partial charge in [0, 0.05) is 54.0 Å². The number of fused-ring (bicyclic) bond motifs is 15. The Morgan fingerprint density at radius 1 is 0.403 bits per heavy atom. The maximum absolute atomic E-state index is 17.2. The number of anilines is 1. The molecule has 0 bridgehead atoms. The number of pyridine rings is 1. The van der Waals surface area contributed by atoms with Crippen LogP contribution < -0.4 is 21.2 Å².